The second-order valence-electron chi connectivity index (χ2n) is 6.83. The van der Waals surface area contributed by atoms with Crippen LogP contribution >= 0.6 is 11.8 Å². The van der Waals surface area contributed by atoms with Crippen LogP contribution in [0, 0.1) is 27.4 Å². The highest BCUT2D eigenvalue weighted by Gasteiger charge is 2.28. The molecular weight excluding hydrogens is 382 g/mol. The van der Waals surface area contributed by atoms with Crippen molar-refractivity contribution in [2.75, 3.05) is 31.9 Å². The van der Waals surface area contributed by atoms with E-state index < -0.39 is 10.8 Å². The van der Waals surface area contributed by atoms with Crippen molar-refractivity contribution in [3.8, 4) is 6.07 Å². The number of hydrogen-bond acceptors (Lipinski definition) is 7. The van der Waals surface area contributed by atoms with Crippen molar-refractivity contribution < 1.29 is 14.5 Å². The lowest BCUT2D eigenvalue weighted by molar-refractivity contribution is -0.387. The molecule has 0 bridgehead atoms. The van der Waals surface area contributed by atoms with Crippen LogP contribution in [0.5, 0.6) is 0 Å². The van der Waals surface area contributed by atoms with Crippen LogP contribution in [0.1, 0.15) is 24.2 Å². The predicted octanol–water partition coefficient (Wildman–Crippen LogP) is 1.48. The monoisotopic (exact) mass is 405 g/mol. The van der Waals surface area contributed by atoms with Gasteiger partial charge in [-0.25, -0.2) is 0 Å². The molecule has 1 aromatic rings. The van der Waals surface area contributed by atoms with E-state index in [-0.39, 0.29) is 34.9 Å². The molecule has 1 saturated heterocycles. The Morgan fingerprint density at radius 1 is 1.32 bits per heavy atom. The number of carbonyl (C=O) groups excluding carboxylic acids is 2. The average molecular weight is 405 g/mol. The number of nitrogens with zero attached hydrogens (tertiary/aromatic N) is 4. The van der Waals surface area contributed by atoms with E-state index in [2.05, 4.69) is 11.0 Å². The van der Waals surface area contributed by atoms with Crippen molar-refractivity contribution in [2.24, 2.45) is 11.7 Å². The summed E-state index contributed by atoms with van der Waals surface area (Å²) in [7, 11) is 0. The SMILES string of the molecule is CC(C)C(C#N)N1CCN(C(=O)CSc2ccc(C(N)=O)cc2[N+](=O)[O-])CC1. The maximum Gasteiger partial charge on any atom is 0.283 e. The number of nitriles is 1. The van der Waals surface area contributed by atoms with E-state index >= 15 is 0 Å². The van der Waals surface area contributed by atoms with Crippen LogP contribution < -0.4 is 5.73 Å². The first-order valence-electron chi connectivity index (χ1n) is 8.87. The number of rotatable bonds is 7. The summed E-state index contributed by atoms with van der Waals surface area (Å²) in [6, 6.07) is 6.12. The second kappa shape index (κ2) is 9.52. The quantitative estimate of drug-likeness (QED) is 0.412. The molecule has 2 rings (SSSR count). The van der Waals surface area contributed by atoms with Crippen molar-refractivity contribution >= 4 is 29.3 Å². The average Bonchev–Trinajstić information content (AvgIpc) is 2.66. The molecule has 1 fully saturated rings. The van der Waals surface area contributed by atoms with Gasteiger partial charge in [0.25, 0.3) is 5.69 Å². The molecular formula is C18H23N5O4S. The number of hydrogen-bond donors (Lipinski definition) is 1. The van der Waals surface area contributed by atoms with Gasteiger partial charge in [-0.05, 0) is 18.1 Å². The number of nitro benzene ring substituents is 1. The highest BCUT2D eigenvalue weighted by Crippen LogP contribution is 2.30. The zero-order chi connectivity index (χ0) is 20.8. The standard InChI is InChI=1S/C18H23N5O4S/c1-12(2)15(10-19)21-5-7-22(8-6-21)17(24)11-28-16-4-3-13(18(20)25)9-14(16)23(26)27/h3-4,9,12,15H,5-8,11H2,1-2H3,(H2,20,25). The number of benzene rings is 1. The molecule has 0 aliphatic carbocycles. The Morgan fingerprint density at radius 2 is 1.96 bits per heavy atom. The molecule has 28 heavy (non-hydrogen) atoms. The van der Waals surface area contributed by atoms with Gasteiger partial charge >= 0.3 is 0 Å². The lowest BCUT2D eigenvalue weighted by atomic mass is 10.0. The fraction of sp³-hybridized carbons (Fsp3) is 0.500. The summed E-state index contributed by atoms with van der Waals surface area (Å²) in [5.41, 5.74) is 4.97. The minimum absolute atomic E-state index is 0.0516. The molecule has 10 heteroatoms. The van der Waals surface area contributed by atoms with E-state index in [1.54, 1.807) is 4.90 Å². The van der Waals surface area contributed by atoms with Gasteiger partial charge in [0.1, 0.15) is 6.04 Å². The van der Waals surface area contributed by atoms with E-state index in [0.717, 1.165) is 17.8 Å². The molecule has 150 valence electrons. The van der Waals surface area contributed by atoms with Gasteiger partial charge in [-0.2, -0.15) is 5.26 Å². The summed E-state index contributed by atoms with van der Waals surface area (Å²) in [4.78, 5) is 38.4. The molecule has 1 atom stereocenters. The smallest absolute Gasteiger partial charge is 0.283 e. The van der Waals surface area contributed by atoms with Gasteiger partial charge in [0.2, 0.25) is 11.8 Å². The van der Waals surface area contributed by atoms with Crippen molar-refractivity contribution in [3.63, 3.8) is 0 Å². The summed E-state index contributed by atoms with van der Waals surface area (Å²) in [6.07, 6.45) is 0. The molecule has 1 aliphatic rings. The Kier molecular flexibility index (Phi) is 7.37. The maximum atomic E-state index is 12.5. The lowest BCUT2D eigenvalue weighted by Gasteiger charge is -2.38. The number of primary amides is 1. The molecule has 1 heterocycles. The van der Waals surface area contributed by atoms with Crippen molar-refractivity contribution in [1.29, 1.82) is 5.26 Å². The molecule has 9 nitrogen and oxygen atoms in total. The van der Waals surface area contributed by atoms with E-state index in [9.17, 15) is 25.0 Å². The molecule has 0 spiro atoms. The Bertz CT molecular complexity index is 800. The molecule has 0 aromatic heterocycles. The van der Waals surface area contributed by atoms with Crippen molar-refractivity contribution in [3.05, 3.63) is 33.9 Å². The minimum atomic E-state index is -0.745. The van der Waals surface area contributed by atoms with Gasteiger partial charge in [0.05, 0.1) is 21.6 Å². The van der Waals surface area contributed by atoms with Crippen LogP contribution in [0.2, 0.25) is 0 Å². The summed E-state index contributed by atoms with van der Waals surface area (Å²) in [5, 5.41) is 20.5. The molecule has 1 aliphatic heterocycles. The van der Waals surface area contributed by atoms with E-state index in [0.29, 0.717) is 31.1 Å². The number of piperazine rings is 1. The Labute approximate surface area is 167 Å². The van der Waals surface area contributed by atoms with Crippen LogP contribution in [-0.2, 0) is 4.79 Å². The number of thioether (sulfide) groups is 1. The number of nitro groups is 1. The zero-order valence-corrected chi connectivity index (χ0v) is 16.6. The maximum absolute atomic E-state index is 12.5. The lowest BCUT2D eigenvalue weighted by Crippen LogP contribution is -2.53. The molecule has 2 N–H and O–H groups in total. The van der Waals surface area contributed by atoms with Gasteiger partial charge in [0.15, 0.2) is 0 Å². The zero-order valence-electron chi connectivity index (χ0n) is 15.8. The third-order valence-corrected chi connectivity index (χ3v) is 5.66. The van der Waals surface area contributed by atoms with Crippen molar-refractivity contribution in [1.82, 2.24) is 9.80 Å². The summed E-state index contributed by atoms with van der Waals surface area (Å²) < 4.78 is 0. The van der Waals surface area contributed by atoms with Crippen LogP contribution in [0.4, 0.5) is 5.69 Å². The number of carbonyl (C=O) groups is 2. The topological polar surface area (TPSA) is 134 Å². The molecule has 1 aromatic carbocycles. The third-order valence-electron chi connectivity index (χ3n) is 4.62. The fourth-order valence-corrected chi connectivity index (χ4v) is 3.98. The fourth-order valence-electron chi connectivity index (χ4n) is 3.07. The van der Waals surface area contributed by atoms with Gasteiger partial charge in [-0.3, -0.25) is 24.6 Å². The van der Waals surface area contributed by atoms with Gasteiger partial charge in [-0.15, -0.1) is 11.8 Å². The van der Waals surface area contributed by atoms with Crippen LogP contribution in [0.25, 0.3) is 0 Å². The van der Waals surface area contributed by atoms with Crippen LogP contribution in [0.15, 0.2) is 23.1 Å². The molecule has 0 radical (unpaired) electrons. The molecule has 0 saturated carbocycles. The molecule has 2 amide bonds. The van der Waals surface area contributed by atoms with E-state index in [1.807, 2.05) is 13.8 Å². The first kappa shape index (κ1) is 21.7. The highest BCUT2D eigenvalue weighted by molar-refractivity contribution is 8.00. The largest absolute Gasteiger partial charge is 0.366 e. The Morgan fingerprint density at radius 3 is 2.46 bits per heavy atom. The van der Waals surface area contributed by atoms with Crippen molar-refractivity contribution in [2.45, 2.75) is 24.8 Å². The second-order valence-corrected chi connectivity index (χ2v) is 7.84. The highest BCUT2D eigenvalue weighted by atomic mass is 32.2. The van der Waals surface area contributed by atoms with Crippen LogP contribution in [-0.4, -0.2) is 64.5 Å². The first-order chi connectivity index (χ1) is 13.2. The summed E-state index contributed by atoms with van der Waals surface area (Å²) in [6.45, 7) is 6.29. The Balaban J connectivity index is 1.96. The molecule has 1 unspecified atom stereocenters. The normalized spacial score (nSPS) is 15.9. The van der Waals surface area contributed by atoms with Gasteiger partial charge in [0, 0.05) is 37.8 Å². The van der Waals surface area contributed by atoms with E-state index in [4.69, 9.17) is 5.73 Å². The Hall–Kier alpha value is -2.64. The van der Waals surface area contributed by atoms with Gasteiger partial charge < -0.3 is 10.6 Å². The number of nitrogens with two attached hydrogens (primary N) is 1. The predicted molar refractivity (Wildman–Crippen MR) is 105 cm³/mol. The minimum Gasteiger partial charge on any atom is -0.366 e. The summed E-state index contributed by atoms with van der Waals surface area (Å²) >= 11 is 1.06. The van der Waals surface area contributed by atoms with Crippen LogP contribution in [0.3, 0.4) is 0 Å². The summed E-state index contributed by atoms with van der Waals surface area (Å²) in [5.74, 6) is -0.587. The third kappa shape index (κ3) is 5.21. The first-order valence-corrected chi connectivity index (χ1v) is 9.85. The van der Waals surface area contributed by atoms with E-state index in [1.165, 1.54) is 12.1 Å². The number of amides is 2. The van der Waals surface area contributed by atoms with Gasteiger partial charge in [-0.1, -0.05) is 13.8 Å².